The van der Waals surface area contributed by atoms with Crippen LogP contribution in [0.1, 0.15) is 186 Å². The summed E-state index contributed by atoms with van der Waals surface area (Å²) in [6, 6.07) is 16.5. The molecule has 4 saturated carbocycles. The van der Waals surface area contributed by atoms with Crippen molar-refractivity contribution in [3.63, 3.8) is 0 Å². The number of hydrogen-bond acceptors (Lipinski definition) is 8. The maximum atomic E-state index is 6.28. The maximum Gasteiger partial charge on any atom is 0.494 e. The highest BCUT2D eigenvalue weighted by Gasteiger charge is 2.64. The summed E-state index contributed by atoms with van der Waals surface area (Å²) < 4.78 is 49.6. The van der Waals surface area contributed by atoms with E-state index >= 15 is 0 Å². The molecule has 0 amide bonds. The highest BCUT2D eigenvalue weighted by molar-refractivity contribution is 9.10. The van der Waals surface area contributed by atoms with Gasteiger partial charge in [0.25, 0.3) is 0 Å². The molecule has 3 saturated heterocycles. The number of rotatable bonds is 6. The number of benzene rings is 2. The van der Waals surface area contributed by atoms with Crippen molar-refractivity contribution in [2.24, 2.45) is 10.8 Å². The summed E-state index contributed by atoms with van der Waals surface area (Å²) in [5.41, 5.74) is 0.394. The van der Waals surface area contributed by atoms with Gasteiger partial charge in [0, 0.05) is 4.47 Å². The molecule has 342 valence electrons. The van der Waals surface area contributed by atoms with Gasteiger partial charge in [-0.15, -0.1) is 0 Å². The average Bonchev–Trinajstić information content (AvgIpc) is 3.99. The van der Waals surface area contributed by atoms with E-state index in [1.54, 1.807) is 0 Å². The van der Waals surface area contributed by atoms with Gasteiger partial charge in [-0.25, -0.2) is 0 Å². The molecule has 7 fully saturated rings. The Hall–Kier alpha value is -1.53. The zero-order valence-corrected chi connectivity index (χ0v) is 42.0. The zero-order valence-electron chi connectivity index (χ0n) is 40.5. The average molecular weight is 920 g/mol. The molecule has 0 aromatic heterocycles. The molecule has 0 radical (unpaired) electrons. The molecule has 3 heterocycles. The van der Waals surface area contributed by atoms with Crippen LogP contribution < -0.4 is 14.9 Å². The van der Waals surface area contributed by atoms with E-state index in [0.717, 1.165) is 21.4 Å². The monoisotopic (exact) mass is 919 g/mol. The maximum absolute atomic E-state index is 6.28. The van der Waals surface area contributed by atoms with E-state index in [0.29, 0.717) is 23.0 Å². The third-order valence-corrected chi connectivity index (χ3v) is 17.4. The molecule has 4 aliphatic carbocycles. The van der Waals surface area contributed by atoms with Gasteiger partial charge in [0.05, 0.1) is 45.8 Å². The van der Waals surface area contributed by atoms with Gasteiger partial charge in [-0.3, -0.25) is 0 Å². The lowest BCUT2D eigenvalue weighted by molar-refractivity contribution is 0.00578. The summed E-state index contributed by atoms with van der Waals surface area (Å²) in [6.45, 7) is 24.6. The van der Waals surface area contributed by atoms with Crippen LogP contribution in [0.15, 0.2) is 53.0 Å². The van der Waals surface area contributed by atoms with Crippen molar-refractivity contribution in [1.29, 1.82) is 0 Å². The first kappa shape index (κ1) is 48.4. The van der Waals surface area contributed by atoms with Crippen molar-refractivity contribution in [2.75, 3.05) is 0 Å². The Morgan fingerprint density at radius 1 is 0.419 bits per heavy atom. The molecule has 7 aliphatic rings. The van der Waals surface area contributed by atoms with Crippen molar-refractivity contribution in [3.05, 3.63) is 53.0 Å². The highest BCUT2D eigenvalue weighted by Crippen LogP contribution is 2.51. The van der Waals surface area contributed by atoms with Crippen molar-refractivity contribution < 1.29 is 37.4 Å². The predicted octanol–water partition coefficient (Wildman–Crippen LogP) is 12.4. The van der Waals surface area contributed by atoms with Crippen LogP contribution in [0.4, 0.5) is 0 Å². The molecule has 62 heavy (non-hydrogen) atoms. The normalized spacial score (nSPS) is 28.3. The number of ether oxygens (including phenoxy) is 2. The smallest absolute Gasteiger partial charge is 0.490 e. The summed E-state index contributed by atoms with van der Waals surface area (Å²) in [7, 11) is -1.25. The van der Waals surface area contributed by atoms with Gasteiger partial charge in [0.2, 0.25) is 0 Å². The molecule has 9 rings (SSSR count). The lowest BCUT2D eigenvalue weighted by Crippen LogP contribution is -2.41. The van der Waals surface area contributed by atoms with Gasteiger partial charge in [0.1, 0.15) is 11.5 Å². The van der Waals surface area contributed by atoms with Crippen LogP contribution in [-0.4, -0.2) is 67.0 Å². The van der Waals surface area contributed by atoms with Crippen molar-refractivity contribution in [2.45, 2.75) is 232 Å². The predicted molar refractivity (Wildman–Crippen MR) is 256 cm³/mol. The Morgan fingerprint density at radius 2 is 0.710 bits per heavy atom. The molecular weight excluding hydrogens is 841 g/mol. The third-order valence-electron chi connectivity index (χ3n) is 16.9. The summed E-state index contributed by atoms with van der Waals surface area (Å²) in [5.74, 6) is 1.99. The van der Waals surface area contributed by atoms with E-state index in [-0.39, 0.29) is 40.7 Å². The van der Waals surface area contributed by atoms with E-state index < -0.39 is 14.0 Å². The van der Waals surface area contributed by atoms with Gasteiger partial charge in [0.15, 0.2) is 0 Å². The number of halogens is 1. The highest BCUT2D eigenvalue weighted by atomic mass is 79.9. The number of hydrogen-bond donors (Lipinski definition) is 0. The van der Waals surface area contributed by atoms with Gasteiger partial charge in [-0.1, -0.05) is 53.7 Å². The van der Waals surface area contributed by atoms with Gasteiger partial charge in [-0.05, 0) is 213 Å². The lowest BCUT2D eigenvalue weighted by atomic mass is 9.49. The third kappa shape index (κ3) is 10.8. The van der Waals surface area contributed by atoms with Gasteiger partial charge in [-0.2, -0.15) is 0 Å². The van der Waals surface area contributed by atoms with E-state index in [2.05, 4.69) is 92.2 Å². The summed E-state index contributed by atoms with van der Waals surface area (Å²) >= 11 is 3.46. The second-order valence-electron chi connectivity index (χ2n) is 22.9. The first-order valence-electron chi connectivity index (χ1n) is 24.2. The summed E-state index contributed by atoms with van der Waals surface area (Å²) in [6.07, 6.45) is 22.8. The fraction of sp³-hybridized carbons (Fsp3) is 0.760. The van der Waals surface area contributed by atoms with Crippen LogP contribution in [0.2, 0.25) is 0 Å². The second-order valence-corrected chi connectivity index (χ2v) is 23.8. The van der Waals surface area contributed by atoms with Gasteiger partial charge >= 0.3 is 21.1 Å². The lowest BCUT2D eigenvalue weighted by Gasteiger charge is -2.37. The molecule has 0 unspecified atom stereocenters. The van der Waals surface area contributed by atoms with Crippen molar-refractivity contribution >= 4 is 42.5 Å². The fourth-order valence-electron chi connectivity index (χ4n) is 10.5. The topological polar surface area (TPSA) is 73.8 Å². The summed E-state index contributed by atoms with van der Waals surface area (Å²) in [5, 5.41) is 0. The van der Waals surface area contributed by atoms with Crippen LogP contribution in [0.25, 0.3) is 0 Å². The Bertz CT molecular complexity index is 1680. The first-order valence-corrected chi connectivity index (χ1v) is 25.0. The SMILES string of the molecule is Brc1ccc(OC2CCC3(CCCC3)CC2)cc1.CC1(C)OB(B2OC(C)(C)C(C)(C)O2)OC1(C)C.CC1(C)OB(c2ccc(OC3CCC4(CCCC4)CC3)cc2)OC1(C)C. The van der Waals surface area contributed by atoms with Crippen molar-refractivity contribution in [1.82, 2.24) is 0 Å². The Balaban J connectivity index is 0.000000144. The van der Waals surface area contributed by atoms with Crippen LogP contribution in [0, 0.1) is 10.8 Å². The van der Waals surface area contributed by atoms with E-state index in [1.165, 1.54) is 103 Å². The Kier molecular flexibility index (Phi) is 14.3. The summed E-state index contributed by atoms with van der Waals surface area (Å²) in [4.78, 5) is 0. The Labute approximate surface area is 385 Å². The van der Waals surface area contributed by atoms with Gasteiger partial charge < -0.3 is 37.4 Å². The van der Waals surface area contributed by atoms with Crippen LogP contribution in [0.5, 0.6) is 11.5 Å². The minimum Gasteiger partial charge on any atom is -0.490 e. The van der Waals surface area contributed by atoms with Crippen LogP contribution in [-0.2, 0) is 27.9 Å². The molecule has 2 spiro atoms. The second kappa shape index (κ2) is 18.3. The fourth-order valence-corrected chi connectivity index (χ4v) is 10.7. The van der Waals surface area contributed by atoms with Crippen LogP contribution >= 0.6 is 15.9 Å². The minimum atomic E-state index is -0.476. The van der Waals surface area contributed by atoms with Crippen LogP contribution in [0.3, 0.4) is 0 Å². The molecule has 3 aliphatic heterocycles. The molecule has 8 nitrogen and oxygen atoms in total. The molecule has 2 aromatic carbocycles. The molecule has 2 aromatic rings. The molecule has 12 heteroatoms. The van der Waals surface area contributed by atoms with E-state index in [4.69, 9.17) is 37.4 Å². The van der Waals surface area contributed by atoms with Crippen molar-refractivity contribution in [3.8, 4) is 11.5 Å². The van der Waals surface area contributed by atoms with E-state index in [9.17, 15) is 0 Å². The molecule has 0 N–H and O–H groups in total. The quantitative estimate of drug-likeness (QED) is 0.265. The first-order chi connectivity index (χ1) is 28.9. The molecule has 0 atom stereocenters. The minimum absolute atomic E-state index is 0.300. The zero-order chi connectivity index (χ0) is 44.8. The van der Waals surface area contributed by atoms with E-state index in [1.807, 2.05) is 55.4 Å². The standard InChI is InChI=1S/C22H33BO3.C16H21BrO.C12H24B2O4/c1-20(2)21(3,4)26-23(25-20)17-7-9-18(10-8-17)24-19-11-15-22(16-12-19)13-5-6-14-22;17-13-3-5-14(6-4-13)18-15-7-11-16(12-8-15)9-1-2-10-16;1-9(2)10(3,4)16-13(15-9)14-17-11(5,6)12(7,8)18-14/h7-10,19H,5-6,11-16H2,1-4H3;3-6,15H,1-2,7-12H2;1-8H3. The Morgan fingerprint density at radius 3 is 1.03 bits per heavy atom. The largest absolute Gasteiger partial charge is 0.494 e. The molecular formula is C50H78B3BrO8. The molecule has 0 bridgehead atoms.